The Morgan fingerprint density at radius 3 is 1.86 bits per heavy atom. The van der Waals surface area contributed by atoms with Crippen LogP contribution >= 0.6 is 15.2 Å². The van der Waals surface area contributed by atoms with Crippen molar-refractivity contribution in [3.8, 4) is 11.0 Å². The fraction of sp³-hybridized carbons (Fsp3) is 0.667. The zero-order valence-electron chi connectivity index (χ0n) is 32.4. The van der Waals surface area contributed by atoms with Crippen LogP contribution in [0, 0.1) is 28.4 Å². The number of rotatable bonds is 22. The Morgan fingerprint density at radius 2 is 1.37 bits per heavy atom. The Morgan fingerprint density at radius 1 is 0.863 bits per heavy atom. The van der Waals surface area contributed by atoms with Gasteiger partial charge in [0.15, 0.2) is 13.6 Å². The summed E-state index contributed by atoms with van der Waals surface area (Å²) >= 11 is -0.454. The molecule has 0 saturated heterocycles. The molecule has 15 heteroatoms. The van der Waals surface area contributed by atoms with Crippen LogP contribution in [0.2, 0.25) is 0 Å². The molecule has 0 spiro atoms. The molecule has 0 heterocycles. The quantitative estimate of drug-likeness (QED) is 0.0394. The number of para-hydroxylation sites is 1. The molecule has 51 heavy (non-hydrogen) atoms. The van der Waals surface area contributed by atoms with E-state index in [4.69, 9.17) is 36.8 Å². The maximum absolute atomic E-state index is 14.6. The minimum absolute atomic E-state index is 0.114. The number of esters is 1. The molecule has 1 aromatic carbocycles. The van der Waals surface area contributed by atoms with Gasteiger partial charge in [0, 0.05) is 10.8 Å². The summed E-state index contributed by atoms with van der Waals surface area (Å²) in [5, 5.41) is 4.01. The summed E-state index contributed by atoms with van der Waals surface area (Å²) in [5.41, 5.74) is 0.295. The minimum atomic E-state index is -4.85. The van der Waals surface area contributed by atoms with Crippen molar-refractivity contribution in [3.63, 3.8) is 0 Å². The zero-order valence-corrected chi connectivity index (χ0v) is 35.9. The predicted octanol–water partition coefficient (Wildman–Crippen LogP) is 8.60. The summed E-state index contributed by atoms with van der Waals surface area (Å²) < 4.78 is 67.2. The molecule has 1 rings (SSSR count). The van der Waals surface area contributed by atoms with Crippen LogP contribution in [0.1, 0.15) is 92.7 Å². The Bertz CT molecular complexity index is 1420. The first kappa shape index (κ1) is 47.1. The van der Waals surface area contributed by atoms with Crippen molar-refractivity contribution in [1.82, 2.24) is 4.90 Å². The molecule has 2 unspecified atom stereocenters. The molecule has 0 aliphatic carbocycles. The molecule has 0 aromatic heterocycles. The monoisotopic (exact) mass is 825 g/mol. The van der Waals surface area contributed by atoms with Crippen molar-refractivity contribution in [2.45, 2.75) is 100 Å². The molecule has 12 nitrogen and oxygen atoms in total. The summed E-state index contributed by atoms with van der Waals surface area (Å²) in [6, 6.07) is 5.99. The van der Waals surface area contributed by atoms with E-state index in [1.54, 1.807) is 20.8 Å². The molecule has 0 aliphatic rings. The van der Waals surface area contributed by atoms with Gasteiger partial charge in [-0.1, -0.05) is 54.7 Å². The van der Waals surface area contributed by atoms with Crippen LogP contribution in [0.15, 0.2) is 42.9 Å². The van der Waals surface area contributed by atoms with Crippen LogP contribution < -0.4 is 3.82 Å². The number of nitrogens with zero attached hydrogens (tertiary/aromatic N) is 1. The number of aryl methyl sites for hydroxylation is 2. The van der Waals surface area contributed by atoms with Gasteiger partial charge in [-0.15, -0.1) is 0 Å². The summed E-state index contributed by atoms with van der Waals surface area (Å²) in [4.78, 5) is 25.7. The van der Waals surface area contributed by atoms with E-state index >= 15 is 0 Å². The van der Waals surface area contributed by atoms with Gasteiger partial charge in [0.1, 0.15) is 0 Å². The van der Waals surface area contributed by atoms with E-state index in [0.717, 1.165) is 29.7 Å². The van der Waals surface area contributed by atoms with Crippen LogP contribution in [-0.4, -0.2) is 76.3 Å². The van der Waals surface area contributed by atoms with Crippen molar-refractivity contribution < 1.29 is 50.4 Å². The topological polar surface area (TPSA) is 139 Å². The van der Waals surface area contributed by atoms with Crippen LogP contribution in [-0.2, 0) is 48.1 Å². The first-order valence-corrected chi connectivity index (χ1v) is 21.8. The molecule has 292 valence electrons. The van der Waals surface area contributed by atoms with Crippen LogP contribution in [0.4, 0.5) is 0 Å². The van der Waals surface area contributed by atoms with Crippen molar-refractivity contribution in [2.75, 3.05) is 40.5 Å². The van der Waals surface area contributed by atoms with Gasteiger partial charge in [-0.05, 0) is 20.8 Å². The summed E-state index contributed by atoms with van der Waals surface area (Å²) in [7, 11) is -7.48. The molecule has 0 aliphatic heterocycles. The van der Waals surface area contributed by atoms with E-state index in [1.165, 1.54) is 0 Å². The maximum atomic E-state index is 14.6. The molecule has 0 fully saturated rings. The van der Waals surface area contributed by atoms with E-state index in [-0.39, 0.29) is 6.42 Å². The van der Waals surface area contributed by atoms with Crippen molar-refractivity contribution in [2.24, 2.45) is 16.2 Å². The molecule has 0 bridgehead atoms. The van der Waals surface area contributed by atoms with Gasteiger partial charge < -0.3 is 19.1 Å². The predicted molar refractivity (Wildman–Crippen MR) is 202 cm³/mol. The first-order valence-electron chi connectivity index (χ1n) is 16.8. The number of benzene rings is 1. The third kappa shape index (κ3) is 16.8. The van der Waals surface area contributed by atoms with Crippen molar-refractivity contribution in [3.05, 3.63) is 54.0 Å². The van der Waals surface area contributed by atoms with Crippen LogP contribution in [0.5, 0.6) is 5.75 Å². The Hall–Kier alpha value is -1.87. The minimum Gasteiger partial charge on any atom is -0.471 e. The average Bonchev–Trinajstić information content (AvgIpc) is 2.99. The second-order valence-electron chi connectivity index (χ2n) is 15.4. The molecular formula is C36H61NO11P2Se. The molecular weight excluding hydrogens is 763 g/mol. The van der Waals surface area contributed by atoms with Crippen LogP contribution in [0.25, 0.3) is 0 Å². The summed E-state index contributed by atoms with van der Waals surface area (Å²) in [6.45, 7) is 25.1. The van der Waals surface area contributed by atoms with Gasteiger partial charge in [0.2, 0.25) is 6.79 Å². The standard InChI is InChI=1S/C36H61NO11P2Se/c1-27-18-15-19-30(32(27)48-51-14)20-16-22-37(13)23-17-21-31(49(39,40)45-26-44-33(38)36(10,11)12)50(41,46-24-42-28(2)34(4,5)6)47-25-43-29(3)35(7,8)9/h14-15,18-19,31H,2-3,16-17,20-26H2,1,4-13H3,(H,39,40). The number of ether oxygens (including phenoxy) is 3. The number of carbonyl (C=O) groups is 1. The average molecular weight is 825 g/mol. The van der Waals surface area contributed by atoms with E-state index < -0.39 is 77.8 Å². The van der Waals surface area contributed by atoms with E-state index in [2.05, 4.69) is 18.1 Å². The third-order valence-corrected chi connectivity index (χ3v) is 13.5. The first-order chi connectivity index (χ1) is 23.3. The number of allylic oxidation sites excluding steroid dienone is 2. The molecule has 1 aromatic rings. The fourth-order valence-corrected chi connectivity index (χ4v) is 9.15. The van der Waals surface area contributed by atoms with E-state index in [9.17, 15) is 18.8 Å². The van der Waals surface area contributed by atoms with Gasteiger partial charge in [0.25, 0.3) is 0 Å². The Labute approximate surface area is 312 Å². The number of carbonyl (C=O) groups excluding carboxylic acids is 1. The fourth-order valence-electron chi connectivity index (χ4n) is 4.21. The Balaban J connectivity index is 3.23. The number of hydrogen-bond acceptors (Lipinski definition) is 11. The Kier molecular flexibility index (Phi) is 19.0. The van der Waals surface area contributed by atoms with Crippen molar-refractivity contribution in [1.29, 1.82) is 0 Å². The third-order valence-electron chi connectivity index (χ3n) is 7.80. The van der Waals surface area contributed by atoms with Crippen molar-refractivity contribution >= 4 is 35.8 Å². The second-order valence-corrected chi connectivity index (χ2v) is 20.8. The van der Waals surface area contributed by atoms with Gasteiger partial charge in [-0.3, -0.25) is 27.5 Å². The number of hydrogen-bond donors (Lipinski definition) is 1. The second kappa shape index (κ2) is 20.5. The van der Waals surface area contributed by atoms with E-state index in [0.29, 0.717) is 31.0 Å². The van der Waals surface area contributed by atoms with Gasteiger partial charge in [-0.2, -0.15) is 0 Å². The smallest absolute Gasteiger partial charge is 0.471 e. The molecule has 0 amide bonds. The normalized spacial score (nSPS) is 14.4. The van der Waals surface area contributed by atoms with Gasteiger partial charge in [0.05, 0.1) is 16.9 Å². The molecule has 2 atom stereocenters. The van der Waals surface area contributed by atoms with E-state index in [1.807, 2.05) is 73.7 Å². The van der Waals surface area contributed by atoms with Gasteiger partial charge in [-0.25, -0.2) is 0 Å². The molecule has 0 saturated carbocycles. The van der Waals surface area contributed by atoms with Gasteiger partial charge >= 0.3 is 143 Å². The van der Waals surface area contributed by atoms with Crippen LogP contribution in [0.3, 0.4) is 0 Å². The zero-order chi connectivity index (χ0) is 39.3. The SMILES string of the molecule is C#[Se]Oc1c(C)cccc1CCCN(C)CCCC(P(=O)(O)OCOC(=O)C(C)(C)C)P(=O)(OCOC(=C)C(C)(C)C)OCOC(=C)C(C)(C)C. The molecule has 1 N–H and O–H groups in total. The summed E-state index contributed by atoms with van der Waals surface area (Å²) in [5.74, 6) is 0.858. The summed E-state index contributed by atoms with van der Waals surface area (Å²) in [6.07, 6.45) is 1.78. The molecule has 0 radical (unpaired) electrons.